The van der Waals surface area contributed by atoms with E-state index >= 15 is 0 Å². The van der Waals surface area contributed by atoms with Crippen molar-refractivity contribution < 1.29 is 0 Å². The van der Waals surface area contributed by atoms with Crippen molar-refractivity contribution >= 4 is 5.69 Å². The Kier molecular flexibility index (Phi) is 5.47. The zero-order chi connectivity index (χ0) is 14.5. The first kappa shape index (κ1) is 15.4. The molecule has 1 N–H and O–H groups in total. The van der Waals surface area contributed by atoms with Crippen molar-refractivity contribution in [2.75, 3.05) is 19.0 Å². The Morgan fingerprint density at radius 2 is 1.70 bits per heavy atom. The largest absolute Gasteiger partial charge is 0.378 e. The van der Waals surface area contributed by atoms with Crippen LogP contribution in [-0.2, 0) is 0 Å². The normalized spacial score (nSPS) is 24.4. The minimum absolute atomic E-state index is 0.453. The number of benzene rings is 1. The zero-order valence-electron chi connectivity index (χ0n) is 13.5. The van der Waals surface area contributed by atoms with E-state index in [1.54, 1.807) is 0 Å². The molecule has 1 unspecified atom stereocenters. The molecule has 0 aromatic heterocycles. The molecule has 0 bridgehead atoms. The Morgan fingerprint density at radius 1 is 1.10 bits per heavy atom. The second-order valence-corrected chi connectivity index (χ2v) is 6.50. The summed E-state index contributed by atoms with van der Waals surface area (Å²) in [4.78, 5) is 2.15. The van der Waals surface area contributed by atoms with Gasteiger partial charge in [0.1, 0.15) is 0 Å². The molecule has 20 heavy (non-hydrogen) atoms. The third-order valence-electron chi connectivity index (χ3n) is 4.82. The van der Waals surface area contributed by atoms with Gasteiger partial charge in [-0.1, -0.05) is 25.5 Å². The van der Waals surface area contributed by atoms with Crippen molar-refractivity contribution in [1.82, 2.24) is 5.32 Å². The molecule has 0 spiro atoms. The lowest BCUT2D eigenvalue weighted by Gasteiger charge is -2.31. The second-order valence-electron chi connectivity index (χ2n) is 6.50. The van der Waals surface area contributed by atoms with Crippen molar-refractivity contribution in [3.05, 3.63) is 29.8 Å². The maximum Gasteiger partial charge on any atom is 0.0361 e. The van der Waals surface area contributed by atoms with E-state index < -0.39 is 0 Å². The fourth-order valence-corrected chi connectivity index (χ4v) is 3.25. The topological polar surface area (TPSA) is 15.3 Å². The fourth-order valence-electron chi connectivity index (χ4n) is 3.25. The van der Waals surface area contributed by atoms with Gasteiger partial charge >= 0.3 is 0 Å². The number of nitrogens with one attached hydrogen (secondary N) is 1. The summed E-state index contributed by atoms with van der Waals surface area (Å²) < 4.78 is 0. The fraction of sp³-hybridized carbons (Fsp3) is 0.667. The van der Waals surface area contributed by atoms with Crippen molar-refractivity contribution in [1.29, 1.82) is 0 Å². The van der Waals surface area contributed by atoms with E-state index in [-0.39, 0.29) is 0 Å². The van der Waals surface area contributed by atoms with Gasteiger partial charge in [-0.05, 0) is 56.2 Å². The maximum atomic E-state index is 3.81. The number of nitrogens with zero attached hydrogens (tertiary/aromatic N) is 1. The lowest BCUT2D eigenvalue weighted by atomic mass is 9.84. The van der Waals surface area contributed by atoms with Crippen molar-refractivity contribution in [2.45, 2.75) is 58.0 Å². The van der Waals surface area contributed by atoms with Gasteiger partial charge in [0.05, 0.1) is 0 Å². The van der Waals surface area contributed by atoms with Gasteiger partial charge in [0, 0.05) is 31.9 Å². The number of hydrogen-bond donors (Lipinski definition) is 1. The summed E-state index contributed by atoms with van der Waals surface area (Å²) in [5, 5.41) is 3.81. The zero-order valence-corrected chi connectivity index (χ0v) is 13.5. The molecule has 0 saturated heterocycles. The van der Waals surface area contributed by atoms with E-state index in [0.717, 1.165) is 5.92 Å². The molecule has 0 heterocycles. The van der Waals surface area contributed by atoms with Crippen LogP contribution in [0.1, 0.15) is 57.6 Å². The highest BCUT2D eigenvalue weighted by atomic mass is 15.1. The molecule has 112 valence electrons. The molecule has 0 radical (unpaired) electrons. The number of anilines is 1. The van der Waals surface area contributed by atoms with Gasteiger partial charge in [-0.3, -0.25) is 0 Å². The van der Waals surface area contributed by atoms with Crippen LogP contribution in [-0.4, -0.2) is 20.1 Å². The van der Waals surface area contributed by atoms with Gasteiger partial charge in [-0.15, -0.1) is 0 Å². The molecule has 0 amide bonds. The Hall–Kier alpha value is -1.02. The van der Waals surface area contributed by atoms with E-state index in [0.29, 0.717) is 12.1 Å². The summed E-state index contributed by atoms with van der Waals surface area (Å²) >= 11 is 0. The van der Waals surface area contributed by atoms with Gasteiger partial charge in [-0.25, -0.2) is 0 Å². The number of hydrogen-bond acceptors (Lipinski definition) is 2. The Bertz CT molecular complexity index is 388. The lowest BCUT2D eigenvalue weighted by molar-refractivity contribution is 0.273. The maximum absolute atomic E-state index is 3.81. The molecule has 1 fully saturated rings. The standard InChI is InChI=1S/C18H30N2/c1-5-15-6-10-17(11-7-15)19-14(2)16-8-12-18(13-9-16)20(3)4/h8-9,12-15,17,19H,5-7,10-11H2,1-4H3. The predicted octanol–water partition coefficient (Wildman–Crippen LogP) is 4.37. The Labute approximate surface area is 124 Å². The van der Waals surface area contributed by atoms with Crippen molar-refractivity contribution in [2.24, 2.45) is 5.92 Å². The van der Waals surface area contributed by atoms with Crippen LogP contribution in [0.3, 0.4) is 0 Å². The molecule has 1 aromatic rings. The van der Waals surface area contributed by atoms with Gasteiger partial charge in [0.25, 0.3) is 0 Å². The van der Waals surface area contributed by atoms with E-state index in [2.05, 4.69) is 62.4 Å². The average molecular weight is 274 g/mol. The minimum atomic E-state index is 0.453. The molecule has 2 heteroatoms. The van der Waals surface area contributed by atoms with Crippen LogP contribution in [0.25, 0.3) is 0 Å². The number of rotatable bonds is 5. The van der Waals surface area contributed by atoms with E-state index in [1.165, 1.54) is 43.4 Å². The van der Waals surface area contributed by atoms with E-state index in [1.807, 2.05) is 0 Å². The lowest BCUT2D eigenvalue weighted by Crippen LogP contribution is -2.34. The van der Waals surface area contributed by atoms with Gasteiger partial charge in [-0.2, -0.15) is 0 Å². The molecular formula is C18H30N2. The smallest absolute Gasteiger partial charge is 0.0361 e. The van der Waals surface area contributed by atoms with E-state index in [9.17, 15) is 0 Å². The SMILES string of the molecule is CCC1CCC(NC(C)c2ccc(N(C)C)cc2)CC1. The molecule has 0 aliphatic heterocycles. The average Bonchev–Trinajstić information content (AvgIpc) is 2.48. The van der Waals surface area contributed by atoms with Crippen LogP contribution in [0.15, 0.2) is 24.3 Å². The van der Waals surface area contributed by atoms with Crippen LogP contribution in [0.5, 0.6) is 0 Å². The van der Waals surface area contributed by atoms with Crippen molar-refractivity contribution in [3.8, 4) is 0 Å². The summed E-state index contributed by atoms with van der Waals surface area (Å²) in [7, 11) is 4.17. The van der Waals surface area contributed by atoms with Gasteiger partial charge in [0.15, 0.2) is 0 Å². The molecule has 2 nitrogen and oxygen atoms in total. The highest BCUT2D eigenvalue weighted by Gasteiger charge is 2.21. The van der Waals surface area contributed by atoms with Gasteiger partial charge < -0.3 is 10.2 Å². The molecule has 1 aliphatic rings. The minimum Gasteiger partial charge on any atom is -0.378 e. The third kappa shape index (κ3) is 3.99. The van der Waals surface area contributed by atoms with Crippen LogP contribution < -0.4 is 10.2 Å². The second kappa shape index (κ2) is 7.12. The summed E-state index contributed by atoms with van der Waals surface area (Å²) in [5.74, 6) is 0.975. The Balaban J connectivity index is 1.87. The molecule has 1 aliphatic carbocycles. The first-order valence-electron chi connectivity index (χ1n) is 8.13. The molecular weight excluding hydrogens is 244 g/mol. The van der Waals surface area contributed by atoms with Crippen LogP contribution in [0, 0.1) is 5.92 Å². The Morgan fingerprint density at radius 3 is 2.20 bits per heavy atom. The summed E-state index contributed by atoms with van der Waals surface area (Å²) in [6, 6.07) is 10.1. The van der Waals surface area contributed by atoms with Crippen LogP contribution in [0.2, 0.25) is 0 Å². The van der Waals surface area contributed by atoms with Gasteiger partial charge in [0.2, 0.25) is 0 Å². The van der Waals surface area contributed by atoms with Crippen LogP contribution in [0.4, 0.5) is 5.69 Å². The summed E-state index contributed by atoms with van der Waals surface area (Å²) in [6.45, 7) is 4.62. The quantitative estimate of drug-likeness (QED) is 0.857. The molecule has 1 aromatic carbocycles. The van der Waals surface area contributed by atoms with Crippen LogP contribution >= 0.6 is 0 Å². The molecule has 1 atom stereocenters. The molecule has 1 saturated carbocycles. The summed E-state index contributed by atoms with van der Waals surface area (Å²) in [5.41, 5.74) is 2.66. The predicted molar refractivity (Wildman–Crippen MR) is 88.4 cm³/mol. The summed E-state index contributed by atoms with van der Waals surface area (Å²) in [6.07, 6.45) is 6.85. The highest BCUT2D eigenvalue weighted by Crippen LogP contribution is 2.28. The van der Waals surface area contributed by atoms with Crippen molar-refractivity contribution in [3.63, 3.8) is 0 Å². The highest BCUT2D eigenvalue weighted by molar-refractivity contribution is 5.46. The monoisotopic (exact) mass is 274 g/mol. The first-order valence-corrected chi connectivity index (χ1v) is 8.13. The van der Waals surface area contributed by atoms with E-state index in [4.69, 9.17) is 0 Å². The third-order valence-corrected chi connectivity index (χ3v) is 4.82. The first-order chi connectivity index (χ1) is 9.60. The molecule has 2 rings (SSSR count).